The Bertz CT molecular complexity index is 619. The van der Waals surface area contributed by atoms with Gasteiger partial charge in [-0.05, 0) is 25.3 Å². The minimum atomic E-state index is -0.389. The van der Waals surface area contributed by atoms with Crippen molar-refractivity contribution < 1.29 is 14.3 Å². The van der Waals surface area contributed by atoms with Gasteiger partial charge in [-0.1, -0.05) is 0 Å². The average Bonchev–Trinajstić information content (AvgIpc) is 3.08. The average molecular weight is 273 g/mol. The predicted octanol–water partition coefficient (Wildman–Crippen LogP) is 1.66. The van der Waals surface area contributed by atoms with Gasteiger partial charge in [0.25, 0.3) is 0 Å². The lowest BCUT2D eigenvalue weighted by Gasteiger charge is -2.04. The van der Waals surface area contributed by atoms with Gasteiger partial charge in [0.2, 0.25) is 5.88 Å². The van der Waals surface area contributed by atoms with Crippen molar-refractivity contribution in [2.45, 2.75) is 25.9 Å². The number of hydrogen-bond donors (Lipinski definition) is 1. The molecule has 3 rings (SSSR count). The molecule has 1 aliphatic carbocycles. The third kappa shape index (κ3) is 2.36. The summed E-state index contributed by atoms with van der Waals surface area (Å²) in [6, 6.07) is 3.55. The van der Waals surface area contributed by atoms with Gasteiger partial charge in [0.1, 0.15) is 6.61 Å². The molecule has 0 amide bonds. The van der Waals surface area contributed by atoms with E-state index in [9.17, 15) is 4.79 Å². The first-order chi connectivity index (χ1) is 9.78. The van der Waals surface area contributed by atoms with Crippen LogP contribution in [0.5, 0.6) is 5.88 Å². The molecule has 2 aromatic heterocycles. The third-order valence-electron chi connectivity index (χ3n) is 3.38. The zero-order valence-electron chi connectivity index (χ0n) is 11.2. The number of nitrogens with zero attached hydrogens (tertiary/aromatic N) is 2. The minimum absolute atomic E-state index is 0.178. The molecule has 2 heterocycles. The fourth-order valence-corrected chi connectivity index (χ4v) is 2.32. The highest BCUT2D eigenvalue weighted by atomic mass is 16.5. The Labute approximate surface area is 116 Å². The number of aryl methyl sites for hydroxylation is 1. The van der Waals surface area contributed by atoms with Crippen LogP contribution in [0.15, 0.2) is 18.3 Å². The third-order valence-corrected chi connectivity index (χ3v) is 3.38. The highest BCUT2D eigenvalue weighted by molar-refractivity contribution is 5.89. The van der Waals surface area contributed by atoms with Crippen LogP contribution in [0.4, 0.5) is 0 Å². The second kappa shape index (κ2) is 5.32. The quantitative estimate of drug-likeness (QED) is 0.857. The van der Waals surface area contributed by atoms with Crippen molar-refractivity contribution in [3.63, 3.8) is 0 Å². The minimum Gasteiger partial charge on any atom is -0.481 e. The summed E-state index contributed by atoms with van der Waals surface area (Å²) >= 11 is 0. The van der Waals surface area contributed by atoms with Gasteiger partial charge in [0, 0.05) is 29.1 Å². The summed E-state index contributed by atoms with van der Waals surface area (Å²) in [6.45, 7) is 0.178. The van der Waals surface area contributed by atoms with Crippen molar-refractivity contribution in [1.82, 2.24) is 15.2 Å². The van der Waals surface area contributed by atoms with E-state index in [0.29, 0.717) is 11.6 Å². The summed E-state index contributed by atoms with van der Waals surface area (Å²) < 4.78 is 10.2. The molecule has 0 aliphatic heterocycles. The van der Waals surface area contributed by atoms with Crippen molar-refractivity contribution in [3.05, 3.63) is 40.8 Å². The number of H-pyrrole nitrogens is 1. The summed E-state index contributed by atoms with van der Waals surface area (Å²) in [6.07, 6.45) is 4.53. The molecule has 2 aromatic rings. The first-order valence-corrected chi connectivity index (χ1v) is 6.50. The fraction of sp³-hybridized carbons (Fsp3) is 0.357. The highest BCUT2D eigenvalue weighted by Crippen LogP contribution is 2.23. The fourth-order valence-electron chi connectivity index (χ4n) is 2.32. The van der Waals surface area contributed by atoms with Crippen molar-refractivity contribution in [2.24, 2.45) is 0 Å². The van der Waals surface area contributed by atoms with Crippen LogP contribution in [-0.2, 0) is 24.2 Å². The van der Waals surface area contributed by atoms with E-state index in [0.717, 1.165) is 36.1 Å². The van der Waals surface area contributed by atoms with Crippen LogP contribution in [0.1, 0.15) is 33.7 Å². The van der Waals surface area contributed by atoms with Gasteiger partial charge < -0.3 is 9.47 Å². The van der Waals surface area contributed by atoms with E-state index in [2.05, 4.69) is 15.2 Å². The zero-order valence-corrected chi connectivity index (χ0v) is 11.2. The second-order valence-electron chi connectivity index (χ2n) is 4.67. The first kappa shape index (κ1) is 12.7. The van der Waals surface area contributed by atoms with Gasteiger partial charge in [-0.25, -0.2) is 9.78 Å². The summed E-state index contributed by atoms with van der Waals surface area (Å²) in [5, 5.41) is 6.94. The number of fused-ring (bicyclic) bond motifs is 1. The molecule has 0 bridgehead atoms. The highest BCUT2D eigenvalue weighted by Gasteiger charge is 2.23. The molecule has 1 N–H and O–H groups in total. The van der Waals surface area contributed by atoms with Gasteiger partial charge in [0.05, 0.1) is 7.11 Å². The molecule has 1 aliphatic rings. The lowest BCUT2D eigenvalue weighted by atomic mass is 10.2. The smallest absolute Gasteiger partial charge is 0.359 e. The maximum absolute atomic E-state index is 12.0. The Hall–Kier alpha value is -2.37. The molecule has 0 aromatic carbocycles. The number of aromatic amines is 1. The lowest BCUT2D eigenvalue weighted by molar-refractivity contribution is 0.0464. The number of rotatable bonds is 4. The molecule has 0 unspecified atom stereocenters. The molecular weight excluding hydrogens is 258 g/mol. The Balaban J connectivity index is 1.64. The number of carbonyl (C=O) groups is 1. The molecule has 0 saturated heterocycles. The molecule has 6 heteroatoms. The molecule has 20 heavy (non-hydrogen) atoms. The number of aromatic nitrogens is 3. The summed E-state index contributed by atoms with van der Waals surface area (Å²) in [5.41, 5.74) is 3.29. The van der Waals surface area contributed by atoms with Gasteiger partial charge >= 0.3 is 5.97 Å². The van der Waals surface area contributed by atoms with Crippen LogP contribution in [0, 0.1) is 0 Å². The van der Waals surface area contributed by atoms with Crippen LogP contribution in [0.25, 0.3) is 0 Å². The molecule has 0 spiro atoms. The Kier molecular flexibility index (Phi) is 3.37. The van der Waals surface area contributed by atoms with Crippen LogP contribution in [0.3, 0.4) is 0 Å². The van der Waals surface area contributed by atoms with E-state index >= 15 is 0 Å². The van der Waals surface area contributed by atoms with E-state index in [1.54, 1.807) is 19.4 Å². The molecule has 104 valence electrons. The second-order valence-corrected chi connectivity index (χ2v) is 4.67. The number of carbonyl (C=O) groups excluding carboxylic acids is 1. The van der Waals surface area contributed by atoms with E-state index in [1.165, 1.54) is 0 Å². The number of ether oxygens (including phenoxy) is 2. The van der Waals surface area contributed by atoms with Crippen LogP contribution >= 0.6 is 0 Å². The van der Waals surface area contributed by atoms with Gasteiger partial charge in [0.15, 0.2) is 5.69 Å². The number of pyridine rings is 1. The SMILES string of the molecule is COc1ccc(COC(=O)c2n[nH]c3c2CCC3)cn1. The van der Waals surface area contributed by atoms with Crippen molar-refractivity contribution in [2.75, 3.05) is 7.11 Å². The number of nitrogens with one attached hydrogen (secondary N) is 1. The van der Waals surface area contributed by atoms with Gasteiger partial charge in [-0.3, -0.25) is 5.10 Å². The standard InChI is InChI=1S/C14H15N3O3/c1-19-12-6-5-9(7-15-12)8-20-14(18)13-10-3-2-4-11(10)16-17-13/h5-7H,2-4,8H2,1H3,(H,16,17). The molecule has 0 fully saturated rings. The largest absolute Gasteiger partial charge is 0.481 e. The molecule has 0 atom stereocenters. The van der Waals surface area contributed by atoms with E-state index in [1.807, 2.05) is 6.07 Å². The normalized spacial score (nSPS) is 13.1. The summed E-state index contributed by atoms with van der Waals surface area (Å²) in [7, 11) is 1.56. The number of esters is 1. The Morgan fingerprint density at radius 1 is 1.40 bits per heavy atom. The monoisotopic (exact) mass is 273 g/mol. The van der Waals surface area contributed by atoms with Crippen molar-refractivity contribution >= 4 is 5.97 Å². The molecule has 0 saturated carbocycles. The number of methoxy groups -OCH3 is 1. The van der Waals surface area contributed by atoms with E-state index in [-0.39, 0.29) is 12.6 Å². The van der Waals surface area contributed by atoms with Gasteiger partial charge in [-0.15, -0.1) is 0 Å². The maximum atomic E-state index is 12.0. The topological polar surface area (TPSA) is 77.1 Å². The summed E-state index contributed by atoms with van der Waals surface area (Å²) in [4.78, 5) is 16.1. The van der Waals surface area contributed by atoms with Crippen LogP contribution in [0.2, 0.25) is 0 Å². The Morgan fingerprint density at radius 3 is 3.05 bits per heavy atom. The van der Waals surface area contributed by atoms with Crippen LogP contribution < -0.4 is 4.74 Å². The maximum Gasteiger partial charge on any atom is 0.359 e. The van der Waals surface area contributed by atoms with Crippen molar-refractivity contribution in [3.8, 4) is 5.88 Å². The summed E-state index contributed by atoms with van der Waals surface area (Å²) in [5.74, 6) is 0.144. The van der Waals surface area contributed by atoms with Crippen molar-refractivity contribution in [1.29, 1.82) is 0 Å². The molecule has 6 nitrogen and oxygen atoms in total. The number of hydrogen-bond acceptors (Lipinski definition) is 5. The molecule has 0 radical (unpaired) electrons. The lowest BCUT2D eigenvalue weighted by Crippen LogP contribution is -2.08. The predicted molar refractivity (Wildman–Crippen MR) is 70.5 cm³/mol. The first-order valence-electron chi connectivity index (χ1n) is 6.50. The zero-order chi connectivity index (χ0) is 13.9. The van der Waals surface area contributed by atoms with Gasteiger partial charge in [-0.2, -0.15) is 5.10 Å². The van der Waals surface area contributed by atoms with Crippen LogP contribution in [-0.4, -0.2) is 28.3 Å². The Morgan fingerprint density at radius 2 is 2.30 bits per heavy atom. The molecular formula is C14H15N3O3. The van der Waals surface area contributed by atoms with E-state index < -0.39 is 0 Å². The van der Waals surface area contributed by atoms with E-state index in [4.69, 9.17) is 9.47 Å².